The van der Waals surface area contributed by atoms with Crippen LogP contribution in [0.1, 0.15) is 32.1 Å². The van der Waals surface area contributed by atoms with Crippen LogP contribution in [0.5, 0.6) is 0 Å². The van der Waals surface area contributed by atoms with Crippen LogP contribution in [0.3, 0.4) is 0 Å². The number of carbonyl (C=O) groups is 2. The van der Waals surface area contributed by atoms with Crippen molar-refractivity contribution < 1.29 is 14.7 Å². The summed E-state index contributed by atoms with van der Waals surface area (Å²) >= 11 is 0. The molecular formula is C12H22ClN3O3. The molecule has 0 aromatic carbocycles. The van der Waals surface area contributed by atoms with Crippen LogP contribution in [0.4, 0.5) is 4.79 Å². The fourth-order valence-corrected chi connectivity index (χ4v) is 2.95. The summed E-state index contributed by atoms with van der Waals surface area (Å²) in [6.45, 7) is 0.668. The molecule has 2 amide bonds. The van der Waals surface area contributed by atoms with Crippen LogP contribution in [0.25, 0.3) is 0 Å². The summed E-state index contributed by atoms with van der Waals surface area (Å²) in [5.74, 6) is -0.0413. The summed E-state index contributed by atoms with van der Waals surface area (Å²) in [4.78, 5) is 26.1. The van der Waals surface area contributed by atoms with E-state index in [1.807, 2.05) is 4.90 Å². The molecule has 1 saturated carbocycles. The Balaban J connectivity index is 0.00000180. The molecule has 0 aromatic heterocycles. The first-order valence-electron chi connectivity index (χ1n) is 6.52. The molecular weight excluding hydrogens is 270 g/mol. The number of hydrogen-bond donors (Lipinski definition) is 2. The molecule has 1 atom stereocenters. The minimum Gasteiger partial charge on any atom is -0.465 e. The number of carboxylic acid groups (broad SMARTS) is 1. The van der Waals surface area contributed by atoms with Gasteiger partial charge in [-0.05, 0) is 32.1 Å². The maximum Gasteiger partial charge on any atom is 0.407 e. The van der Waals surface area contributed by atoms with E-state index in [9.17, 15) is 9.59 Å². The third-order valence-electron chi connectivity index (χ3n) is 4.16. The molecule has 2 rings (SSSR count). The number of likely N-dealkylation sites (tertiary alicyclic amines) is 1. The molecule has 2 fully saturated rings. The zero-order valence-electron chi connectivity index (χ0n) is 11.1. The van der Waals surface area contributed by atoms with Crippen LogP contribution in [-0.4, -0.2) is 58.6 Å². The smallest absolute Gasteiger partial charge is 0.407 e. The molecule has 0 aromatic rings. The van der Waals surface area contributed by atoms with Crippen LogP contribution in [0.2, 0.25) is 0 Å². The van der Waals surface area contributed by atoms with Crippen molar-refractivity contribution in [3.05, 3.63) is 0 Å². The Morgan fingerprint density at radius 2 is 1.89 bits per heavy atom. The lowest BCUT2D eigenvalue weighted by Crippen LogP contribution is -2.46. The van der Waals surface area contributed by atoms with E-state index in [1.165, 1.54) is 7.05 Å². The van der Waals surface area contributed by atoms with Gasteiger partial charge in [0.2, 0.25) is 5.91 Å². The molecule has 0 radical (unpaired) electrons. The van der Waals surface area contributed by atoms with Crippen molar-refractivity contribution in [3.63, 3.8) is 0 Å². The highest BCUT2D eigenvalue weighted by molar-refractivity contribution is 5.87. The second-order valence-electron chi connectivity index (χ2n) is 5.30. The molecule has 1 heterocycles. The second kappa shape index (κ2) is 6.43. The zero-order chi connectivity index (χ0) is 13.3. The summed E-state index contributed by atoms with van der Waals surface area (Å²) < 4.78 is 0. The molecule has 0 unspecified atom stereocenters. The lowest BCUT2D eigenvalue weighted by Gasteiger charge is -2.33. The fourth-order valence-electron chi connectivity index (χ4n) is 2.95. The van der Waals surface area contributed by atoms with Crippen molar-refractivity contribution in [1.29, 1.82) is 0 Å². The third-order valence-corrected chi connectivity index (χ3v) is 4.16. The first-order chi connectivity index (χ1) is 8.50. The van der Waals surface area contributed by atoms with E-state index in [4.69, 9.17) is 10.8 Å². The lowest BCUT2D eigenvalue weighted by molar-refractivity contribution is -0.133. The van der Waals surface area contributed by atoms with Crippen molar-refractivity contribution in [2.75, 3.05) is 13.6 Å². The van der Waals surface area contributed by atoms with Crippen molar-refractivity contribution in [2.24, 2.45) is 5.73 Å². The quantitative estimate of drug-likeness (QED) is 0.791. The van der Waals surface area contributed by atoms with Gasteiger partial charge in [-0.3, -0.25) is 9.69 Å². The van der Waals surface area contributed by atoms with Gasteiger partial charge in [-0.1, -0.05) is 0 Å². The molecule has 110 valence electrons. The first-order valence-corrected chi connectivity index (χ1v) is 6.52. The third kappa shape index (κ3) is 3.30. The molecule has 1 aliphatic carbocycles. The topological polar surface area (TPSA) is 86.9 Å². The number of rotatable bonds is 2. The fraction of sp³-hybridized carbons (Fsp3) is 0.833. The predicted molar refractivity (Wildman–Crippen MR) is 73.4 cm³/mol. The Hall–Kier alpha value is -1.01. The number of carbonyl (C=O) groups excluding carboxylic acids is 1. The Labute approximate surface area is 119 Å². The summed E-state index contributed by atoms with van der Waals surface area (Å²) in [5.41, 5.74) is 5.86. The Kier molecular flexibility index (Phi) is 5.43. The minimum atomic E-state index is -1.04. The van der Waals surface area contributed by atoms with Gasteiger partial charge >= 0.3 is 6.09 Å². The Morgan fingerprint density at radius 1 is 1.32 bits per heavy atom. The summed E-state index contributed by atoms with van der Waals surface area (Å²) in [7, 11) is 1.46. The summed E-state index contributed by atoms with van der Waals surface area (Å²) in [6.07, 6.45) is 3.35. The van der Waals surface area contributed by atoms with E-state index in [2.05, 4.69) is 0 Å². The highest BCUT2D eigenvalue weighted by Gasteiger charge is 2.40. The first kappa shape index (κ1) is 16.0. The molecule has 2 aliphatic rings. The summed E-state index contributed by atoms with van der Waals surface area (Å²) in [5, 5.41) is 8.93. The average molecular weight is 292 g/mol. The standard InChI is InChI=1S/C12H21N3O3.ClH/c1-14(12(17)18)10-6-7-15(11(10)16)9-4-2-8(13)3-5-9;/h8-10H,2-7,13H2,1H3,(H,17,18);1H/t8-,9-,10-;/m0./s1. The number of nitrogens with two attached hydrogens (primary N) is 1. The average Bonchev–Trinajstić information content (AvgIpc) is 2.71. The number of likely N-dealkylation sites (N-methyl/N-ethyl adjacent to an activating group) is 1. The highest BCUT2D eigenvalue weighted by atomic mass is 35.5. The van der Waals surface area contributed by atoms with Gasteiger partial charge in [-0.15, -0.1) is 12.4 Å². The largest absolute Gasteiger partial charge is 0.465 e. The molecule has 1 aliphatic heterocycles. The van der Waals surface area contributed by atoms with Crippen LogP contribution in [0.15, 0.2) is 0 Å². The summed E-state index contributed by atoms with van der Waals surface area (Å²) in [6, 6.07) is 0.0130. The zero-order valence-corrected chi connectivity index (χ0v) is 11.9. The van der Waals surface area contributed by atoms with Crippen LogP contribution in [0, 0.1) is 0 Å². The number of hydrogen-bond acceptors (Lipinski definition) is 3. The van der Waals surface area contributed by atoms with Gasteiger partial charge in [0.15, 0.2) is 0 Å². The molecule has 6 nitrogen and oxygen atoms in total. The van der Waals surface area contributed by atoms with Gasteiger partial charge in [-0.2, -0.15) is 0 Å². The second-order valence-corrected chi connectivity index (χ2v) is 5.30. The number of halogens is 1. The maximum absolute atomic E-state index is 12.2. The molecule has 3 N–H and O–H groups in total. The van der Waals surface area contributed by atoms with E-state index in [-0.39, 0.29) is 30.4 Å². The SMILES string of the molecule is CN(C(=O)O)[C@H]1CCN([C@H]2CC[C@H](N)CC2)C1=O.Cl. The van der Waals surface area contributed by atoms with Gasteiger partial charge in [0.25, 0.3) is 0 Å². The van der Waals surface area contributed by atoms with Crippen molar-refractivity contribution in [2.45, 2.75) is 50.2 Å². The van der Waals surface area contributed by atoms with Gasteiger partial charge in [-0.25, -0.2) is 4.79 Å². The monoisotopic (exact) mass is 291 g/mol. The van der Waals surface area contributed by atoms with E-state index in [0.717, 1.165) is 30.6 Å². The van der Waals surface area contributed by atoms with Crippen LogP contribution in [-0.2, 0) is 4.79 Å². The van der Waals surface area contributed by atoms with Crippen molar-refractivity contribution in [3.8, 4) is 0 Å². The van der Waals surface area contributed by atoms with Crippen LogP contribution < -0.4 is 5.73 Å². The van der Waals surface area contributed by atoms with Crippen LogP contribution >= 0.6 is 12.4 Å². The number of amides is 2. The van der Waals surface area contributed by atoms with E-state index >= 15 is 0 Å². The van der Waals surface area contributed by atoms with E-state index < -0.39 is 12.1 Å². The molecule has 0 bridgehead atoms. The predicted octanol–water partition coefficient (Wildman–Crippen LogP) is 0.889. The molecule has 19 heavy (non-hydrogen) atoms. The van der Waals surface area contributed by atoms with E-state index in [0.29, 0.717) is 13.0 Å². The maximum atomic E-state index is 12.2. The minimum absolute atomic E-state index is 0. The van der Waals surface area contributed by atoms with Gasteiger partial charge < -0.3 is 15.7 Å². The Bertz CT molecular complexity index is 345. The van der Waals surface area contributed by atoms with E-state index in [1.54, 1.807) is 0 Å². The normalized spacial score (nSPS) is 30.9. The molecule has 1 saturated heterocycles. The lowest BCUT2D eigenvalue weighted by atomic mass is 9.91. The van der Waals surface area contributed by atoms with Gasteiger partial charge in [0.1, 0.15) is 6.04 Å². The van der Waals surface area contributed by atoms with Gasteiger partial charge in [0, 0.05) is 25.7 Å². The Morgan fingerprint density at radius 3 is 2.42 bits per heavy atom. The molecule has 0 spiro atoms. The number of nitrogens with zero attached hydrogens (tertiary/aromatic N) is 2. The highest BCUT2D eigenvalue weighted by Crippen LogP contribution is 2.27. The van der Waals surface area contributed by atoms with Crippen molar-refractivity contribution >= 4 is 24.4 Å². The van der Waals surface area contributed by atoms with Gasteiger partial charge in [0.05, 0.1) is 0 Å². The van der Waals surface area contributed by atoms with Crippen molar-refractivity contribution in [1.82, 2.24) is 9.80 Å². The molecule has 7 heteroatoms.